The van der Waals surface area contributed by atoms with Gasteiger partial charge in [-0.25, -0.2) is 0 Å². The zero-order chi connectivity index (χ0) is 5.70. The summed E-state index contributed by atoms with van der Waals surface area (Å²) in [5.74, 6) is 0. The lowest BCUT2D eigenvalue weighted by atomic mass is 11.0. The number of carbonyl (C=O) groups is 1. The minimum Gasteiger partial charge on any atom is -0.296 e. The Labute approximate surface area is 66.3 Å². The Bertz CT molecular complexity index is 90.9. The molecule has 0 aromatic carbocycles. The van der Waals surface area contributed by atoms with Crippen LogP contribution in [0.4, 0.5) is 4.79 Å². The van der Waals surface area contributed by atoms with Crippen molar-refractivity contribution in [1.82, 2.24) is 3.53 Å². The smallest absolute Gasteiger partial charge is 0.288 e. The van der Waals surface area contributed by atoms with Crippen molar-refractivity contribution >= 4 is 51.5 Å². The first-order valence-electron chi connectivity index (χ1n) is 1.63. The molecule has 0 bridgehead atoms. The van der Waals surface area contributed by atoms with Crippen LogP contribution in [0.2, 0.25) is 0 Å². The molecule has 0 heterocycles. The number of halogens is 2. The minimum absolute atomic E-state index is 0.0449. The van der Waals surface area contributed by atoms with Crippen LogP contribution in [-0.4, -0.2) is 7.93 Å². The predicted octanol–water partition coefficient (Wildman–Crippen LogP) is 1.84. The number of amides is 1. The van der Waals surface area contributed by atoms with Gasteiger partial charge in [0.05, 0.1) is 0 Å². The Balaban J connectivity index is 3.14. The molecule has 0 spiro atoms. The summed E-state index contributed by atoms with van der Waals surface area (Å²) in [6.45, 7) is 1.94. The lowest BCUT2D eigenvalue weighted by Crippen LogP contribution is -1.98. The van der Waals surface area contributed by atoms with Gasteiger partial charge in [-0.2, -0.15) is 0 Å². The molecular formula is C3H5I2NO. The number of rotatable bonds is 1. The summed E-state index contributed by atoms with van der Waals surface area (Å²) in [6.07, 6.45) is 0. The maximum atomic E-state index is 10.1. The summed E-state index contributed by atoms with van der Waals surface area (Å²) >= 11 is 1.58. The highest BCUT2D eigenvalue weighted by molar-refractivity contribution is 14.2. The molecule has 2 nitrogen and oxygen atoms in total. The zero-order valence-electron chi connectivity index (χ0n) is 3.74. The van der Waals surface area contributed by atoms with Crippen molar-refractivity contribution < 1.29 is 4.79 Å². The van der Waals surface area contributed by atoms with E-state index in [0.29, 0.717) is 0 Å². The van der Waals surface area contributed by atoms with Crippen LogP contribution in [-0.2, 0) is 0 Å². The number of hydrogen-bond acceptors (Lipinski definition) is 1. The van der Waals surface area contributed by atoms with Crippen LogP contribution in [0, 0.1) is 0 Å². The first-order chi connectivity index (χ1) is 3.27. The summed E-state index contributed by atoms with van der Waals surface area (Å²) < 4.78 is 4.74. The molecule has 0 rings (SSSR count). The van der Waals surface area contributed by atoms with E-state index >= 15 is 0 Å². The van der Waals surface area contributed by atoms with E-state index in [1.165, 1.54) is 0 Å². The van der Waals surface area contributed by atoms with Gasteiger partial charge in [-0.1, -0.05) is 0 Å². The van der Waals surface area contributed by atoms with E-state index in [2.05, 4.69) is 3.53 Å². The normalized spacial score (nSPS) is 10.6. The van der Waals surface area contributed by atoms with Crippen LogP contribution in [0.5, 0.6) is 0 Å². The summed E-state index contributed by atoms with van der Waals surface area (Å²) in [4.78, 5) is 10.1. The molecule has 7 heavy (non-hydrogen) atoms. The topological polar surface area (TPSA) is 29.1 Å². The van der Waals surface area contributed by atoms with Gasteiger partial charge in [-0.05, 0) is 31.9 Å². The first-order valence-corrected chi connectivity index (χ1v) is 5.03. The van der Waals surface area contributed by atoms with Gasteiger partial charge < -0.3 is 0 Å². The maximum Gasteiger partial charge on any atom is 0.288 e. The Morgan fingerprint density at radius 2 is 2.57 bits per heavy atom. The maximum absolute atomic E-state index is 10.1. The van der Waals surface area contributed by atoms with E-state index in [4.69, 9.17) is 0 Å². The van der Waals surface area contributed by atoms with Crippen LogP contribution in [0.1, 0.15) is 6.92 Å². The molecule has 1 N–H and O–H groups in total. The second-order valence-electron chi connectivity index (χ2n) is 0.696. The number of nitrogens with one attached hydrogen (secondary N) is 1. The van der Waals surface area contributed by atoms with E-state index in [1.54, 1.807) is 22.6 Å². The first kappa shape index (κ1) is 7.80. The van der Waals surface area contributed by atoms with Gasteiger partial charge in [0.1, 0.15) is 0 Å². The van der Waals surface area contributed by atoms with E-state index in [0.717, 1.165) is 0 Å². The lowest BCUT2D eigenvalue weighted by Gasteiger charge is -1.82. The molecule has 0 unspecified atom stereocenters. The third-order valence-corrected chi connectivity index (χ3v) is 2.96. The van der Waals surface area contributed by atoms with Crippen molar-refractivity contribution in [3.8, 4) is 0 Å². The molecule has 0 aliphatic heterocycles. The van der Waals surface area contributed by atoms with Crippen molar-refractivity contribution in [2.24, 2.45) is 0 Å². The third kappa shape index (κ3) is 6.80. The van der Waals surface area contributed by atoms with Crippen LogP contribution < -0.4 is 3.53 Å². The third-order valence-electron chi connectivity index (χ3n) is 0.238. The molecule has 0 saturated carbocycles. The molecule has 0 aliphatic carbocycles. The standard InChI is InChI=1S/C3H5I2NO/c1-2-5-6-3(4)7/h2H,1H3,(H,6,7). The fourth-order valence-electron chi connectivity index (χ4n) is 0.0974. The minimum atomic E-state index is -0.144. The van der Waals surface area contributed by atoms with Crippen LogP contribution in [0.15, 0.2) is 0 Å². The molecule has 0 saturated heterocycles. The van der Waals surface area contributed by atoms with Crippen molar-refractivity contribution in [3.05, 3.63) is 0 Å². The highest BCUT2D eigenvalue weighted by Crippen LogP contribution is 1.90. The van der Waals surface area contributed by atoms with Gasteiger partial charge in [-0.15, -0.1) is 0 Å². The Morgan fingerprint density at radius 1 is 2.00 bits per heavy atom. The van der Waals surface area contributed by atoms with E-state index in [9.17, 15) is 4.79 Å². The molecule has 1 amide bonds. The van der Waals surface area contributed by atoms with E-state index < -0.39 is 0 Å². The molecule has 4 heteroatoms. The number of carbonyl (C=O) groups excluding carboxylic acids is 1. The molecule has 0 radical (unpaired) electrons. The van der Waals surface area contributed by atoms with E-state index in [1.807, 2.05) is 10.9 Å². The van der Waals surface area contributed by atoms with Crippen molar-refractivity contribution in [2.45, 2.75) is 6.92 Å². The molecule has 0 aliphatic rings. The molecule has 0 aromatic rings. The van der Waals surface area contributed by atoms with Crippen LogP contribution in [0.25, 0.3) is 0 Å². The number of hydrogen-bond donors (Lipinski definition) is 1. The monoisotopic (exact) mass is 325 g/mol. The summed E-state index contributed by atoms with van der Waals surface area (Å²) in [6, 6.07) is 0. The molecular weight excluding hydrogens is 320 g/mol. The SMILES string of the molecule is CC=INC(=O)I. The van der Waals surface area contributed by atoms with Crippen molar-refractivity contribution in [2.75, 3.05) is 0 Å². The Hall–Kier alpha value is 0.800. The Morgan fingerprint density at radius 3 is 2.71 bits per heavy atom. The van der Waals surface area contributed by atoms with Gasteiger partial charge >= 0.3 is 0 Å². The van der Waals surface area contributed by atoms with Gasteiger partial charge in [0.2, 0.25) is 0 Å². The highest BCUT2D eigenvalue weighted by Gasteiger charge is 1.81. The van der Waals surface area contributed by atoms with Crippen molar-refractivity contribution in [1.29, 1.82) is 0 Å². The summed E-state index contributed by atoms with van der Waals surface area (Å²) in [5, 5.41) is 0. The summed E-state index contributed by atoms with van der Waals surface area (Å²) in [7, 11) is 0. The fraction of sp³-hybridized carbons (Fsp3) is 0.333. The fourth-order valence-corrected chi connectivity index (χ4v) is 1.44. The molecule has 0 fully saturated rings. The molecule has 0 aromatic heterocycles. The lowest BCUT2D eigenvalue weighted by molar-refractivity contribution is 0.268. The molecule has 42 valence electrons. The quantitative estimate of drug-likeness (QED) is 0.339. The van der Waals surface area contributed by atoms with Crippen LogP contribution in [0.3, 0.4) is 0 Å². The second kappa shape index (κ2) is 4.95. The molecule has 0 atom stereocenters. The largest absolute Gasteiger partial charge is 0.296 e. The van der Waals surface area contributed by atoms with Gasteiger partial charge in [0.25, 0.3) is 3.91 Å². The summed E-state index contributed by atoms with van der Waals surface area (Å²) in [5.41, 5.74) is 0. The zero-order valence-corrected chi connectivity index (χ0v) is 8.06. The van der Waals surface area contributed by atoms with Gasteiger partial charge in [0.15, 0.2) is 0 Å². The van der Waals surface area contributed by atoms with Crippen LogP contribution >= 0.6 is 43.6 Å². The van der Waals surface area contributed by atoms with E-state index in [-0.39, 0.29) is 24.9 Å². The second-order valence-corrected chi connectivity index (χ2v) is 4.08. The van der Waals surface area contributed by atoms with Crippen molar-refractivity contribution in [3.63, 3.8) is 0 Å². The predicted molar refractivity (Wildman–Crippen MR) is 48.3 cm³/mol. The van der Waals surface area contributed by atoms with Gasteiger partial charge in [0, 0.05) is 22.6 Å². The van der Waals surface area contributed by atoms with Gasteiger partial charge in [-0.3, -0.25) is 8.32 Å². The highest BCUT2D eigenvalue weighted by atomic mass is 127. The average molecular weight is 325 g/mol. The average Bonchev–Trinajstić information content (AvgIpc) is 1.61. The Kier molecular flexibility index (Phi) is 5.51.